The maximum absolute atomic E-state index is 13.2. The molecule has 0 bridgehead atoms. The van der Waals surface area contributed by atoms with Gasteiger partial charge in [-0.15, -0.1) is 0 Å². The molecule has 0 saturated heterocycles. The van der Waals surface area contributed by atoms with Crippen LogP contribution in [0.3, 0.4) is 0 Å². The number of hydrogen-bond donors (Lipinski definition) is 0. The highest BCUT2D eigenvalue weighted by Gasteiger charge is 2.06. The van der Waals surface area contributed by atoms with E-state index in [0.29, 0.717) is 11.3 Å². The Bertz CT molecular complexity index is 440. The van der Waals surface area contributed by atoms with Crippen molar-refractivity contribution in [1.82, 2.24) is 4.98 Å². The topological polar surface area (TPSA) is 12.9 Å². The molecule has 1 aromatic carbocycles. The van der Waals surface area contributed by atoms with Crippen molar-refractivity contribution in [2.45, 2.75) is 0 Å². The van der Waals surface area contributed by atoms with Crippen LogP contribution in [0.15, 0.2) is 36.5 Å². The standard InChI is InChI=1S/C11H6F2N/c12-8-4-5-9(10(13)7-8)11-3-1-2-6-14-11/h1,3-7H. The van der Waals surface area contributed by atoms with Gasteiger partial charge in [0.1, 0.15) is 11.6 Å². The van der Waals surface area contributed by atoms with Crippen molar-refractivity contribution in [1.29, 1.82) is 0 Å². The predicted molar refractivity (Wildman–Crippen MR) is 48.4 cm³/mol. The number of rotatable bonds is 1. The predicted octanol–water partition coefficient (Wildman–Crippen LogP) is 2.83. The lowest BCUT2D eigenvalue weighted by molar-refractivity contribution is 0.585. The molecule has 1 nitrogen and oxygen atoms in total. The summed E-state index contributed by atoms with van der Waals surface area (Å²) >= 11 is 0. The van der Waals surface area contributed by atoms with Crippen LogP contribution >= 0.6 is 0 Å². The molecule has 69 valence electrons. The van der Waals surface area contributed by atoms with Crippen LogP contribution < -0.4 is 0 Å². The van der Waals surface area contributed by atoms with Crippen molar-refractivity contribution >= 4 is 0 Å². The van der Waals surface area contributed by atoms with Gasteiger partial charge >= 0.3 is 0 Å². The minimum Gasteiger partial charge on any atom is -0.256 e. The number of benzene rings is 1. The summed E-state index contributed by atoms with van der Waals surface area (Å²) in [5.74, 6) is -1.20. The summed E-state index contributed by atoms with van der Waals surface area (Å²) in [5.41, 5.74) is 0.765. The molecule has 2 rings (SSSR count). The van der Waals surface area contributed by atoms with Crippen molar-refractivity contribution in [3.05, 3.63) is 54.2 Å². The van der Waals surface area contributed by atoms with E-state index in [1.54, 1.807) is 12.1 Å². The lowest BCUT2D eigenvalue weighted by Gasteiger charge is -2.01. The molecule has 0 saturated carbocycles. The Morgan fingerprint density at radius 1 is 1.14 bits per heavy atom. The van der Waals surface area contributed by atoms with Crippen LogP contribution in [-0.2, 0) is 0 Å². The molecule has 1 radical (unpaired) electrons. The molecule has 0 fully saturated rings. The fourth-order valence-corrected chi connectivity index (χ4v) is 1.18. The van der Waals surface area contributed by atoms with Gasteiger partial charge in [0, 0.05) is 23.9 Å². The van der Waals surface area contributed by atoms with Crippen LogP contribution in [0.25, 0.3) is 11.3 Å². The Labute approximate surface area is 80.0 Å². The first kappa shape index (κ1) is 8.81. The quantitative estimate of drug-likeness (QED) is 0.673. The minimum absolute atomic E-state index is 0.292. The average Bonchev–Trinajstić information content (AvgIpc) is 2.19. The van der Waals surface area contributed by atoms with Crippen molar-refractivity contribution in [3.8, 4) is 11.3 Å². The van der Waals surface area contributed by atoms with Gasteiger partial charge in [-0.1, -0.05) is 6.07 Å². The van der Waals surface area contributed by atoms with Gasteiger partial charge < -0.3 is 0 Å². The summed E-state index contributed by atoms with van der Waals surface area (Å²) in [6, 6.07) is 9.39. The Balaban J connectivity index is 2.53. The van der Waals surface area contributed by atoms with Gasteiger partial charge in [0.15, 0.2) is 0 Å². The Kier molecular flexibility index (Phi) is 2.23. The zero-order valence-electron chi connectivity index (χ0n) is 7.17. The number of hydrogen-bond acceptors (Lipinski definition) is 1. The highest BCUT2D eigenvalue weighted by atomic mass is 19.1. The largest absolute Gasteiger partial charge is 0.256 e. The van der Waals surface area contributed by atoms with Crippen molar-refractivity contribution in [3.63, 3.8) is 0 Å². The third-order valence-corrected chi connectivity index (χ3v) is 1.82. The molecule has 1 aromatic heterocycles. The smallest absolute Gasteiger partial charge is 0.135 e. The first-order valence-electron chi connectivity index (χ1n) is 4.05. The second-order valence-electron chi connectivity index (χ2n) is 2.77. The van der Waals surface area contributed by atoms with Crippen LogP contribution in [0.4, 0.5) is 8.78 Å². The molecular formula is C11H6F2N. The molecule has 0 aliphatic carbocycles. The summed E-state index contributed by atoms with van der Waals surface area (Å²) in [6.45, 7) is 0. The zero-order chi connectivity index (χ0) is 9.97. The lowest BCUT2D eigenvalue weighted by atomic mass is 10.1. The normalized spacial score (nSPS) is 10.1. The molecule has 14 heavy (non-hydrogen) atoms. The molecule has 0 spiro atoms. The van der Waals surface area contributed by atoms with E-state index in [2.05, 4.69) is 11.1 Å². The molecule has 0 atom stereocenters. The molecule has 0 amide bonds. The van der Waals surface area contributed by atoms with Crippen LogP contribution in [0.2, 0.25) is 0 Å². The van der Waals surface area contributed by atoms with Gasteiger partial charge in [-0.3, -0.25) is 4.98 Å². The molecular weight excluding hydrogens is 184 g/mol. The van der Waals surface area contributed by atoms with Gasteiger partial charge in [-0.05, 0) is 18.2 Å². The van der Waals surface area contributed by atoms with E-state index in [4.69, 9.17) is 0 Å². The maximum Gasteiger partial charge on any atom is 0.135 e. The molecule has 2 aromatic rings. The monoisotopic (exact) mass is 190 g/mol. The van der Waals surface area contributed by atoms with Crippen LogP contribution in [0.1, 0.15) is 0 Å². The maximum atomic E-state index is 13.2. The summed E-state index contributed by atoms with van der Waals surface area (Å²) in [5, 5.41) is 0. The first-order valence-corrected chi connectivity index (χ1v) is 4.05. The Morgan fingerprint density at radius 3 is 2.64 bits per heavy atom. The first-order chi connectivity index (χ1) is 6.77. The second kappa shape index (κ2) is 3.54. The third-order valence-electron chi connectivity index (χ3n) is 1.82. The number of halogens is 2. The number of nitrogens with zero attached hydrogens (tertiary/aromatic N) is 1. The SMILES string of the molecule is Fc1ccc(-c2cc[c]cn2)c(F)c1. The van der Waals surface area contributed by atoms with Gasteiger partial charge in [-0.2, -0.15) is 0 Å². The Hall–Kier alpha value is -1.77. The van der Waals surface area contributed by atoms with E-state index in [9.17, 15) is 8.78 Å². The highest BCUT2D eigenvalue weighted by molar-refractivity contribution is 5.59. The van der Waals surface area contributed by atoms with E-state index < -0.39 is 11.6 Å². The molecule has 0 unspecified atom stereocenters. The molecule has 0 N–H and O–H groups in total. The van der Waals surface area contributed by atoms with E-state index in [-0.39, 0.29) is 0 Å². The number of aromatic nitrogens is 1. The highest BCUT2D eigenvalue weighted by Crippen LogP contribution is 2.20. The summed E-state index contributed by atoms with van der Waals surface area (Å²) in [6.07, 6.45) is 1.44. The summed E-state index contributed by atoms with van der Waals surface area (Å²) in [7, 11) is 0. The van der Waals surface area contributed by atoms with Gasteiger partial charge in [0.2, 0.25) is 0 Å². The molecule has 0 aliphatic rings. The van der Waals surface area contributed by atoms with E-state index in [1.165, 1.54) is 18.3 Å². The fraction of sp³-hybridized carbons (Fsp3) is 0. The van der Waals surface area contributed by atoms with Crippen LogP contribution in [0.5, 0.6) is 0 Å². The Morgan fingerprint density at radius 2 is 2.00 bits per heavy atom. The lowest BCUT2D eigenvalue weighted by Crippen LogP contribution is -1.88. The van der Waals surface area contributed by atoms with Crippen molar-refractivity contribution in [2.75, 3.05) is 0 Å². The summed E-state index contributed by atoms with van der Waals surface area (Å²) in [4.78, 5) is 3.92. The number of pyridine rings is 1. The van der Waals surface area contributed by atoms with Gasteiger partial charge in [-0.25, -0.2) is 8.78 Å². The van der Waals surface area contributed by atoms with Gasteiger partial charge in [0.25, 0.3) is 0 Å². The van der Waals surface area contributed by atoms with Gasteiger partial charge in [0.05, 0.1) is 5.69 Å². The van der Waals surface area contributed by atoms with E-state index >= 15 is 0 Å². The van der Waals surface area contributed by atoms with Crippen LogP contribution in [-0.4, -0.2) is 4.98 Å². The zero-order valence-corrected chi connectivity index (χ0v) is 7.17. The summed E-state index contributed by atoms with van der Waals surface area (Å²) < 4.78 is 25.8. The second-order valence-corrected chi connectivity index (χ2v) is 2.77. The van der Waals surface area contributed by atoms with Crippen molar-refractivity contribution in [2.24, 2.45) is 0 Å². The third kappa shape index (κ3) is 1.62. The molecule has 3 heteroatoms. The fourth-order valence-electron chi connectivity index (χ4n) is 1.18. The average molecular weight is 190 g/mol. The van der Waals surface area contributed by atoms with Crippen molar-refractivity contribution < 1.29 is 8.78 Å². The molecule has 1 heterocycles. The minimum atomic E-state index is -0.608. The van der Waals surface area contributed by atoms with Crippen LogP contribution in [0, 0.1) is 17.7 Å². The van der Waals surface area contributed by atoms with E-state index in [1.807, 2.05) is 0 Å². The molecule has 0 aliphatic heterocycles. The van der Waals surface area contributed by atoms with E-state index in [0.717, 1.165) is 6.07 Å².